The molecule has 3 heteroatoms. The number of halogens is 1. The summed E-state index contributed by atoms with van der Waals surface area (Å²) in [6.45, 7) is 4.55. The number of fused-ring (bicyclic) bond motifs is 2. The van der Waals surface area contributed by atoms with Crippen LogP contribution in [-0.4, -0.2) is 18.5 Å². The molecule has 3 rings (SSSR count). The lowest BCUT2D eigenvalue weighted by atomic mass is 10.0. The summed E-state index contributed by atoms with van der Waals surface area (Å²) in [6.07, 6.45) is 3.96. The summed E-state index contributed by atoms with van der Waals surface area (Å²) in [5, 5.41) is 0.704. The van der Waals surface area contributed by atoms with Crippen molar-refractivity contribution in [2.75, 3.05) is 13.6 Å². The van der Waals surface area contributed by atoms with Gasteiger partial charge in [0.25, 0.3) is 0 Å². The Morgan fingerprint density at radius 2 is 2.00 bits per heavy atom. The average molecular weight is 298 g/mol. The van der Waals surface area contributed by atoms with Crippen LogP contribution >= 0.6 is 11.6 Å². The van der Waals surface area contributed by atoms with Crippen molar-refractivity contribution in [1.29, 1.82) is 0 Å². The van der Waals surface area contributed by atoms with Gasteiger partial charge < -0.3 is 9.64 Å². The van der Waals surface area contributed by atoms with Gasteiger partial charge >= 0.3 is 0 Å². The molecule has 1 aliphatic rings. The van der Waals surface area contributed by atoms with Gasteiger partial charge in [-0.05, 0) is 42.1 Å². The van der Waals surface area contributed by atoms with E-state index in [-0.39, 0.29) is 0 Å². The molecule has 0 spiro atoms. The Morgan fingerprint density at radius 3 is 2.81 bits per heavy atom. The van der Waals surface area contributed by atoms with E-state index in [9.17, 15) is 0 Å². The normalized spacial score (nSPS) is 12.4. The molecule has 0 bridgehead atoms. The smallest absolute Gasteiger partial charge is 0.135 e. The molecule has 0 amide bonds. The molecule has 0 aromatic heterocycles. The van der Waals surface area contributed by atoms with Crippen LogP contribution < -0.4 is 4.74 Å². The second-order valence-electron chi connectivity index (χ2n) is 5.05. The molecule has 0 aliphatic carbocycles. The second kappa shape index (κ2) is 5.66. The van der Waals surface area contributed by atoms with Gasteiger partial charge in [-0.15, -0.1) is 0 Å². The second-order valence-corrected chi connectivity index (χ2v) is 5.48. The molecular formula is C18H16ClNO. The van der Waals surface area contributed by atoms with Crippen molar-refractivity contribution in [2.24, 2.45) is 0 Å². The average Bonchev–Trinajstić information content (AvgIpc) is 2.64. The van der Waals surface area contributed by atoms with E-state index < -0.39 is 0 Å². The van der Waals surface area contributed by atoms with Crippen LogP contribution in [0.3, 0.4) is 0 Å². The third kappa shape index (κ3) is 2.81. The highest BCUT2D eigenvalue weighted by atomic mass is 35.5. The molecule has 0 saturated carbocycles. The molecule has 0 radical (unpaired) electrons. The van der Waals surface area contributed by atoms with Gasteiger partial charge in [-0.1, -0.05) is 36.4 Å². The van der Waals surface area contributed by atoms with Crippen LogP contribution in [0.1, 0.15) is 11.1 Å². The van der Waals surface area contributed by atoms with Gasteiger partial charge in [0.15, 0.2) is 0 Å². The summed E-state index contributed by atoms with van der Waals surface area (Å²) in [5.74, 6) is 1.69. The molecule has 106 valence electrons. The van der Waals surface area contributed by atoms with E-state index >= 15 is 0 Å². The molecular weight excluding hydrogens is 282 g/mol. The van der Waals surface area contributed by atoms with Crippen LogP contribution in [0.25, 0.3) is 11.6 Å². The van der Waals surface area contributed by atoms with E-state index in [2.05, 4.69) is 18.7 Å². The predicted molar refractivity (Wildman–Crippen MR) is 88.7 cm³/mol. The van der Waals surface area contributed by atoms with E-state index in [1.165, 1.54) is 0 Å². The lowest BCUT2D eigenvalue weighted by Gasteiger charge is -2.17. The fourth-order valence-corrected chi connectivity index (χ4v) is 2.55. The third-order valence-corrected chi connectivity index (χ3v) is 3.72. The van der Waals surface area contributed by atoms with Gasteiger partial charge in [0, 0.05) is 29.7 Å². The first-order valence-corrected chi connectivity index (χ1v) is 7.15. The number of para-hydroxylation sites is 1. The molecule has 0 atom stereocenters. The van der Waals surface area contributed by atoms with Crippen molar-refractivity contribution in [1.82, 2.24) is 4.90 Å². The SMILES string of the molecule is C=CN(C)CC1=Cc2ccccc2Oc2ccc(Cl)cc21. The van der Waals surface area contributed by atoms with Crippen LogP contribution in [0.15, 0.2) is 55.2 Å². The van der Waals surface area contributed by atoms with Crippen molar-refractivity contribution in [3.8, 4) is 11.5 Å². The van der Waals surface area contributed by atoms with Gasteiger partial charge in [0.2, 0.25) is 0 Å². The standard InChI is InChI=1S/C18H16ClNO/c1-3-20(2)12-14-10-13-6-4-5-7-17(13)21-18-9-8-15(19)11-16(14)18/h3-11H,1,12H2,2H3. The first-order valence-electron chi connectivity index (χ1n) is 6.77. The molecule has 0 saturated heterocycles. The largest absolute Gasteiger partial charge is 0.456 e. The zero-order chi connectivity index (χ0) is 14.8. The van der Waals surface area contributed by atoms with Crippen LogP contribution in [0.2, 0.25) is 5.02 Å². The Bertz CT molecular complexity index is 721. The monoisotopic (exact) mass is 297 g/mol. The summed E-state index contributed by atoms with van der Waals surface area (Å²) in [6, 6.07) is 13.7. The van der Waals surface area contributed by atoms with E-state index in [1.54, 1.807) is 0 Å². The molecule has 0 fully saturated rings. The fraction of sp³-hybridized carbons (Fsp3) is 0.111. The summed E-state index contributed by atoms with van der Waals surface area (Å²) in [5.41, 5.74) is 3.24. The number of nitrogens with zero attached hydrogens (tertiary/aromatic N) is 1. The van der Waals surface area contributed by atoms with E-state index in [1.807, 2.05) is 54.5 Å². The lowest BCUT2D eigenvalue weighted by Crippen LogP contribution is -2.13. The van der Waals surface area contributed by atoms with Crippen LogP contribution in [-0.2, 0) is 0 Å². The summed E-state index contributed by atoms with van der Waals surface area (Å²) in [4.78, 5) is 2.03. The minimum atomic E-state index is 0.704. The van der Waals surface area contributed by atoms with Gasteiger partial charge in [-0.3, -0.25) is 0 Å². The van der Waals surface area contributed by atoms with Crippen molar-refractivity contribution in [3.05, 3.63) is 71.4 Å². The minimum Gasteiger partial charge on any atom is -0.456 e. The number of hydrogen-bond acceptors (Lipinski definition) is 2. The first kappa shape index (κ1) is 13.8. The molecule has 1 heterocycles. The molecule has 2 nitrogen and oxygen atoms in total. The lowest BCUT2D eigenvalue weighted by molar-refractivity contribution is 0.479. The maximum atomic E-state index is 6.16. The Kier molecular flexibility index (Phi) is 3.72. The van der Waals surface area contributed by atoms with Crippen molar-refractivity contribution >= 4 is 23.3 Å². The Morgan fingerprint density at radius 1 is 1.19 bits per heavy atom. The van der Waals surface area contributed by atoms with Crippen molar-refractivity contribution in [2.45, 2.75) is 0 Å². The quantitative estimate of drug-likeness (QED) is 0.785. The molecule has 1 aliphatic heterocycles. The summed E-state index contributed by atoms with van der Waals surface area (Å²) >= 11 is 6.16. The van der Waals surface area contributed by atoms with Crippen molar-refractivity contribution in [3.63, 3.8) is 0 Å². The van der Waals surface area contributed by atoms with E-state index in [0.29, 0.717) is 5.02 Å². The highest BCUT2D eigenvalue weighted by Crippen LogP contribution is 2.39. The Labute approximate surface area is 129 Å². The maximum Gasteiger partial charge on any atom is 0.135 e. The number of hydrogen-bond donors (Lipinski definition) is 0. The number of rotatable bonds is 3. The van der Waals surface area contributed by atoms with E-state index in [0.717, 1.165) is 34.7 Å². The van der Waals surface area contributed by atoms with Crippen molar-refractivity contribution < 1.29 is 4.74 Å². The van der Waals surface area contributed by atoms with Crippen LogP contribution in [0.5, 0.6) is 11.5 Å². The minimum absolute atomic E-state index is 0.704. The Balaban J connectivity index is 2.16. The number of likely N-dealkylation sites (N-methyl/N-ethyl adjacent to an activating group) is 1. The highest BCUT2D eigenvalue weighted by Gasteiger charge is 2.17. The zero-order valence-electron chi connectivity index (χ0n) is 11.8. The molecule has 2 aromatic rings. The van der Waals surface area contributed by atoms with E-state index in [4.69, 9.17) is 16.3 Å². The topological polar surface area (TPSA) is 12.5 Å². The fourth-order valence-electron chi connectivity index (χ4n) is 2.38. The summed E-state index contributed by atoms with van der Waals surface area (Å²) < 4.78 is 6.05. The molecule has 21 heavy (non-hydrogen) atoms. The van der Waals surface area contributed by atoms with Crippen LogP contribution in [0, 0.1) is 0 Å². The zero-order valence-corrected chi connectivity index (χ0v) is 12.6. The van der Waals surface area contributed by atoms with Gasteiger partial charge in [0.1, 0.15) is 11.5 Å². The maximum absolute atomic E-state index is 6.16. The van der Waals surface area contributed by atoms with Gasteiger partial charge in [0.05, 0.1) is 0 Å². The van der Waals surface area contributed by atoms with Gasteiger partial charge in [-0.25, -0.2) is 0 Å². The Hall–Kier alpha value is -2.19. The third-order valence-electron chi connectivity index (χ3n) is 3.49. The molecule has 0 unspecified atom stereocenters. The molecule has 2 aromatic carbocycles. The van der Waals surface area contributed by atoms with Gasteiger partial charge in [-0.2, -0.15) is 0 Å². The first-order chi connectivity index (χ1) is 10.2. The number of ether oxygens (including phenoxy) is 1. The summed E-state index contributed by atoms with van der Waals surface area (Å²) in [7, 11) is 2.00. The predicted octanol–water partition coefficient (Wildman–Crippen LogP) is 5.06. The highest BCUT2D eigenvalue weighted by molar-refractivity contribution is 6.30. The molecule has 0 N–H and O–H groups in total. The van der Waals surface area contributed by atoms with Crippen LogP contribution in [0.4, 0.5) is 0 Å². The number of benzene rings is 2.